The van der Waals surface area contributed by atoms with Gasteiger partial charge in [0.1, 0.15) is 14.9 Å². The van der Waals surface area contributed by atoms with Gasteiger partial charge in [-0.2, -0.15) is 0 Å². The van der Waals surface area contributed by atoms with Crippen molar-refractivity contribution in [1.82, 2.24) is 9.97 Å². The lowest BCUT2D eigenvalue weighted by molar-refractivity contribution is 0.600. The molecule has 0 aromatic carbocycles. The van der Waals surface area contributed by atoms with Crippen molar-refractivity contribution < 1.29 is 8.42 Å². The predicted molar refractivity (Wildman–Crippen MR) is 62.7 cm³/mol. The molecule has 0 amide bonds. The second-order valence-corrected chi connectivity index (χ2v) is 5.94. The fourth-order valence-electron chi connectivity index (χ4n) is 1.05. The number of nitrogens with zero attached hydrogens (tertiary/aromatic N) is 1. The minimum Gasteiger partial charge on any atom is -0.369 e. The van der Waals surface area contributed by atoms with Crippen molar-refractivity contribution >= 4 is 27.3 Å². The Bertz CT molecular complexity index is 512. The number of rotatable bonds is 5. The van der Waals surface area contributed by atoms with Crippen LogP contribution in [0.2, 0.25) is 5.02 Å². The van der Waals surface area contributed by atoms with Crippen LogP contribution in [0.25, 0.3) is 0 Å². The van der Waals surface area contributed by atoms with Gasteiger partial charge in [0.2, 0.25) is 0 Å². The van der Waals surface area contributed by atoms with E-state index in [2.05, 4.69) is 15.3 Å². The number of H-pyrrole nitrogens is 1. The SMILES string of the molecule is CS(=O)(=O)CCCNc1nc[nH]c(=O)c1Cl. The summed E-state index contributed by atoms with van der Waals surface area (Å²) in [5, 5.41) is 2.77. The summed E-state index contributed by atoms with van der Waals surface area (Å²) in [6.45, 7) is 0.392. The molecule has 0 unspecified atom stereocenters. The number of sulfone groups is 1. The molecule has 0 fully saturated rings. The molecule has 0 atom stereocenters. The van der Waals surface area contributed by atoms with E-state index in [9.17, 15) is 13.2 Å². The van der Waals surface area contributed by atoms with E-state index in [0.29, 0.717) is 13.0 Å². The van der Waals surface area contributed by atoms with Crippen LogP contribution in [0.4, 0.5) is 5.82 Å². The molecule has 1 aromatic heterocycles. The summed E-state index contributed by atoms with van der Waals surface area (Å²) in [5.41, 5.74) is -0.428. The molecule has 2 N–H and O–H groups in total. The number of nitrogens with one attached hydrogen (secondary N) is 2. The van der Waals surface area contributed by atoms with Crippen molar-refractivity contribution in [2.45, 2.75) is 6.42 Å². The Morgan fingerprint density at radius 2 is 2.25 bits per heavy atom. The quantitative estimate of drug-likeness (QED) is 0.746. The van der Waals surface area contributed by atoms with Crippen molar-refractivity contribution in [2.75, 3.05) is 23.9 Å². The van der Waals surface area contributed by atoms with Gasteiger partial charge in [0.05, 0.1) is 12.1 Å². The lowest BCUT2D eigenvalue weighted by atomic mass is 10.4. The summed E-state index contributed by atoms with van der Waals surface area (Å²) in [6.07, 6.45) is 2.84. The summed E-state index contributed by atoms with van der Waals surface area (Å²) < 4.78 is 21.7. The highest BCUT2D eigenvalue weighted by Crippen LogP contribution is 2.11. The molecule has 0 radical (unpaired) electrons. The molecule has 0 spiro atoms. The lowest BCUT2D eigenvalue weighted by Gasteiger charge is -2.05. The van der Waals surface area contributed by atoms with Crippen LogP contribution in [0, 0.1) is 0 Å². The molecular weight excluding hydrogens is 254 g/mol. The number of anilines is 1. The highest BCUT2D eigenvalue weighted by atomic mass is 35.5. The maximum Gasteiger partial charge on any atom is 0.271 e. The monoisotopic (exact) mass is 265 g/mol. The largest absolute Gasteiger partial charge is 0.369 e. The Morgan fingerprint density at radius 3 is 2.88 bits per heavy atom. The van der Waals surface area contributed by atoms with Crippen LogP contribution in [-0.2, 0) is 9.84 Å². The molecule has 0 saturated heterocycles. The topological polar surface area (TPSA) is 91.9 Å². The van der Waals surface area contributed by atoms with Crippen LogP contribution in [0.5, 0.6) is 0 Å². The third kappa shape index (κ3) is 4.19. The normalized spacial score (nSPS) is 11.4. The zero-order valence-electron chi connectivity index (χ0n) is 8.66. The predicted octanol–water partition coefficient (Wildman–Crippen LogP) is 0.270. The Labute approximate surface area is 98.0 Å². The second kappa shape index (κ2) is 5.31. The van der Waals surface area contributed by atoms with E-state index < -0.39 is 15.4 Å². The molecule has 1 rings (SSSR count). The van der Waals surface area contributed by atoms with E-state index in [4.69, 9.17) is 11.6 Å². The van der Waals surface area contributed by atoms with Crippen LogP contribution < -0.4 is 10.9 Å². The highest BCUT2D eigenvalue weighted by molar-refractivity contribution is 7.90. The average Bonchev–Trinajstić information content (AvgIpc) is 2.17. The molecule has 6 nitrogen and oxygen atoms in total. The van der Waals surface area contributed by atoms with Crippen LogP contribution in [0.1, 0.15) is 6.42 Å². The van der Waals surface area contributed by atoms with E-state index in [1.54, 1.807) is 0 Å². The molecule has 0 aliphatic carbocycles. The molecule has 1 heterocycles. The Kier molecular flexibility index (Phi) is 4.31. The first-order valence-corrected chi connectivity index (χ1v) is 6.99. The molecule has 90 valence electrons. The van der Waals surface area contributed by atoms with Gasteiger partial charge in [0.25, 0.3) is 5.56 Å². The maximum absolute atomic E-state index is 11.1. The molecule has 0 bridgehead atoms. The van der Waals surface area contributed by atoms with Crippen molar-refractivity contribution in [3.8, 4) is 0 Å². The first-order chi connectivity index (χ1) is 7.40. The fourth-order valence-corrected chi connectivity index (χ4v) is 1.89. The minimum absolute atomic E-state index is 0.0261. The van der Waals surface area contributed by atoms with E-state index in [0.717, 1.165) is 0 Å². The van der Waals surface area contributed by atoms with Crippen LogP contribution in [0.15, 0.2) is 11.1 Å². The van der Waals surface area contributed by atoms with Gasteiger partial charge in [-0.25, -0.2) is 13.4 Å². The summed E-state index contributed by atoms with van der Waals surface area (Å²) in [5.74, 6) is 0.347. The smallest absolute Gasteiger partial charge is 0.271 e. The zero-order chi connectivity index (χ0) is 12.2. The second-order valence-electron chi connectivity index (χ2n) is 3.30. The molecule has 0 saturated carbocycles. The summed E-state index contributed by atoms with van der Waals surface area (Å²) >= 11 is 5.68. The van der Waals surface area contributed by atoms with Gasteiger partial charge >= 0.3 is 0 Å². The van der Waals surface area contributed by atoms with E-state index in [1.165, 1.54) is 12.6 Å². The van der Waals surface area contributed by atoms with Gasteiger partial charge in [-0.05, 0) is 6.42 Å². The van der Waals surface area contributed by atoms with Crippen LogP contribution in [0.3, 0.4) is 0 Å². The number of hydrogen-bond acceptors (Lipinski definition) is 5. The number of aromatic nitrogens is 2. The van der Waals surface area contributed by atoms with Gasteiger partial charge in [0.15, 0.2) is 5.82 Å². The molecule has 16 heavy (non-hydrogen) atoms. The third-order valence-corrected chi connectivity index (χ3v) is 3.16. The molecular formula is C8H12ClN3O3S. The first kappa shape index (κ1) is 13.0. The van der Waals surface area contributed by atoms with Crippen molar-refractivity contribution in [1.29, 1.82) is 0 Å². The lowest BCUT2D eigenvalue weighted by Crippen LogP contribution is -2.14. The number of aromatic amines is 1. The average molecular weight is 266 g/mol. The fraction of sp³-hybridized carbons (Fsp3) is 0.500. The first-order valence-electron chi connectivity index (χ1n) is 4.55. The summed E-state index contributed by atoms with van der Waals surface area (Å²) in [6, 6.07) is 0. The van der Waals surface area contributed by atoms with Gasteiger partial charge in [0, 0.05) is 12.8 Å². The molecule has 8 heteroatoms. The standard InChI is InChI=1S/C8H12ClN3O3S/c1-16(14,15)4-2-3-10-7-6(9)8(13)12-5-11-7/h5H,2-4H2,1H3,(H2,10,11,12,13). The van der Waals surface area contributed by atoms with Crippen LogP contribution >= 0.6 is 11.6 Å². The Morgan fingerprint density at radius 1 is 1.56 bits per heavy atom. The van der Waals surface area contributed by atoms with Gasteiger partial charge < -0.3 is 10.3 Å². The molecule has 0 aliphatic heterocycles. The molecule has 1 aromatic rings. The Balaban J connectivity index is 2.50. The number of halogens is 1. The minimum atomic E-state index is -2.96. The zero-order valence-corrected chi connectivity index (χ0v) is 10.2. The molecule has 0 aliphatic rings. The van der Waals surface area contributed by atoms with E-state index in [-0.39, 0.29) is 16.6 Å². The highest BCUT2D eigenvalue weighted by Gasteiger charge is 2.05. The van der Waals surface area contributed by atoms with E-state index in [1.807, 2.05) is 0 Å². The van der Waals surface area contributed by atoms with Crippen molar-refractivity contribution in [3.63, 3.8) is 0 Å². The third-order valence-electron chi connectivity index (χ3n) is 1.78. The van der Waals surface area contributed by atoms with Crippen LogP contribution in [-0.4, -0.2) is 36.9 Å². The maximum atomic E-state index is 11.1. The number of hydrogen-bond donors (Lipinski definition) is 2. The van der Waals surface area contributed by atoms with Crippen molar-refractivity contribution in [2.24, 2.45) is 0 Å². The van der Waals surface area contributed by atoms with E-state index >= 15 is 0 Å². The van der Waals surface area contributed by atoms with Gasteiger partial charge in [-0.3, -0.25) is 4.79 Å². The van der Waals surface area contributed by atoms with Gasteiger partial charge in [-0.1, -0.05) is 11.6 Å². The van der Waals surface area contributed by atoms with Gasteiger partial charge in [-0.15, -0.1) is 0 Å². The Hall–Kier alpha value is -1.08. The summed E-state index contributed by atoms with van der Waals surface area (Å²) in [4.78, 5) is 17.2. The summed E-state index contributed by atoms with van der Waals surface area (Å²) in [7, 11) is -2.96. The van der Waals surface area contributed by atoms with Crippen molar-refractivity contribution in [3.05, 3.63) is 21.7 Å².